The van der Waals surface area contributed by atoms with E-state index in [1.807, 2.05) is 30.3 Å². The average Bonchev–Trinajstić information content (AvgIpc) is 2.77. The van der Waals surface area contributed by atoms with E-state index in [1.165, 1.54) is 12.5 Å². The van der Waals surface area contributed by atoms with Gasteiger partial charge < -0.3 is 5.73 Å². The van der Waals surface area contributed by atoms with E-state index in [1.54, 1.807) is 24.3 Å². The Morgan fingerprint density at radius 2 is 1.71 bits per heavy atom. The van der Waals surface area contributed by atoms with Gasteiger partial charge in [-0.05, 0) is 42.2 Å². The van der Waals surface area contributed by atoms with Crippen molar-refractivity contribution in [3.05, 3.63) is 100 Å². The van der Waals surface area contributed by atoms with Gasteiger partial charge in [0.15, 0.2) is 5.78 Å². The molecule has 0 aliphatic rings. The largest absolute Gasteiger partial charge is 0.366 e. The highest BCUT2D eigenvalue weighted by molar-refractivity contribution is 6.29. The van der Waals surface area contributed by atoms with E-state index < -0.39 is 5.91 Å². The fourth-order valence-corrected chi connectivity index (χ4v) is 3.73. The van der Waals surface area contributed by atoms with Crippen molar-refractivity contribution in [2.45, 2.75) is 19.3 Å². The Balaban J connectivity index is 1.51. The normalized spacial score (nSPS) is 10.9. The van der Waals surface area contributed by atoms with Gasteiger partial charge in [-0.1, -0.05) is 48.0 Å². The molecule has 0 saturated heterocycles. The summed E-state index contributed by atoms with van der Waals surface area (Å²) in [6.45, 7) is 0. The molecule has 0 radical (unpaired) electrons. The van der Waals surface area contributed by atoms with E-state index in [4.69, 9.17) is 17.3 Å². The van der Waals surface area contributed by atoms with Crippen LogP contribution in [0, 0.1) is 0 Å². The monoisotopic (exact) mass is 430 g/mol. The van der Waals surface area contributed by atoms with Crippen molar-refractivity contribution in [3.63, 3.8) is 0 Å². The van der Waals surface area contributed by atoms with Crippen LogP contribution in [-0.2, 0) is 19.3 Å². The number of aromatic nitrogens is 3. The first-order valence-electron chi connectivity index (χ1n) is 9.76. The van der Waals surface area contributed by atoms with Crippen molar-refractivity contribution in [2.24, 2.45) is 5.73 Å². The van der Waals surface area contributed by atoms with Crippen LogP contribution in [0.3, 0.4) is 0 Å². The number of ketones is 1. The van der Waals surface area contributed by atoms with Gasteiger partial charge >= 0.3 is 0 Å². The lowest BCUT2D eigenvalue weighted by Crippen LogP contribution is -2.12. The Morgan fingerprint density at radius 3 is 2.52 bits per heavy atom. The fraction of sp³-hybridized carbons (Fsp3) is 0.125. The molecule has 0 spiro atoms. The minimum atomic E-state index is -0.511. The molecular formula is C24H19ClN4O2. The van der Waals surface area contributed by atoms with E-state index in [0.717, 1.165) is 28.6 Å². The Bertz CT molecular complexity index is 1290. The third kappa shape index (κ3) is 4.75. The maximum atomic E-state index is 12.5. The molecule has 0 bridgehead atoms. The van der Waals surface area contributed by atoms with Gasteiger partial charge in [-0.3, -0.25) is 9.59 Å². The topological polar surface area (TPSA) is 98.8 Å². The van der Waals surface area contributed by atoms with Crippen molar-refractivity contribution < 1.29 is 9.59 Å². The number of benzene rings is 2. The second-order valence-electron chi connectivity index (χ2n) is 7.17. The first-order valence-corrected chi connectivity index (χ1v) is 10.1. The van der Waals surface area contributed by atoms with Crippen LogP contribution in [0.15, 0.2) is 67.1 Å². The number of nitrogens with zero attached hydrogens (tertiary/aromatic N) is 3. The number of fused-ring (bicyclic) bond motifs is 1. The highest BCUT2D eigenvalue weighted by atomic mass is 35.5. The number of hydrogen-bond donors (Lipinski definition) is 1. The number of carbonyl (C=O) groups excluding carboxylic acids is 2. The summed E-state index contributed by atoms with van der Waals surface area (Å²) in [5.41, 5.74) is 9.83. The number of pyridine rings is 1. The van der Waals surface area contributed by atoms with Gasteiger partial charge in [0.2, 0.25) is 0 Å². The highest BCUT2D eigenvalue weighted by Crippen LogP contribution is 2.20. The minimum Gasteiger partial charge on any atom is -0.366 e. The van der Waals surface area contributed by atoms with Gasteiger partial charge in [0.1, 0.15) is 11.5 Å². The predicted octanol–water partition coefficient (Wildman–Crippen LogP) is 3.99. The van der Waals surface area contributed by atoms with Crippen molar-refractivity contribution in [3.8, 4) is 0 Å². The molecular weight excluding hydrogens is 412 g/mol. The lowest BCUT2D eigenvalue weighted by molar-refractivity contribution is 0.0988. The molecule has 2 aromatic heterocycles. The van der Waals surface area contributed by atoms with Crippen molar-refractivity contribution >= 4 is 34.2 Å². The third-order valence-corrected chi connectivity index (χ3v) is 5.27. The molecule has 4 aromatic rings. The van der Waals surface area contributed by atoms with E-state index in [2.05, 4.69) is 15.0 Å². The molecule has 0 unspecified atom stereocenters. The second-order valence-corrected chi connectivity index (χ2v) is 7.56. The van der Waals surface area contributed by atoms with Gasteiger partial charge in [0.25, 0.3) is 5.91 Å². The maximum absolute atomic E-state index is 12.5. The smallest absolute Gasteiger partial charge is 0.250 e. The quantitative estimate of drug-likeness (QED) is 0.353. The SMILES string of the molecule is NC(=O)c1cccc2c(CCc3cccc(CC(=O)c4ccnc(Cl)c4)c3)ncnc12. The van der Waals surface area contributed by atoms with Crippen LogP contribution >= 0.6 is 11.6 Å². The van der Waals surface area contributed by atoms with E-state index in [-0.39, 0.29) is 12.2 Å². The van der Waals surface area contributed by atoms with Crippen LogP contribution in [-0.4, -0.2) is 26.6 Å². The van der Waals surface area contributed by atoms with Crippen LogP contribution in [0.1, 0.15) is 37.5 Å². The van der Waals surface area contributed by atoms with Gasteiger partial charge in [-0.2, -0.15) is 0 Å². The molecule has 31 heavy (non-hydrogen) atoms. The number of aryl methyl sites for hydroxylation is 2. The van der Waals surface area contributed by atoms with E-state index in [0.29, 0.717) is 28.2 Å². The van der Waals surface area contributed by atoms with Gasteiger partial charge in [0.05, 0.1) is 16.8 Å². The lowest BCUT2D eigenvalue weighted by atomic mass is 9.99. The van der Waals surface area contributed by atoms with Crippen molar-refractivity contribution in [2.75, 3.05) is 0 Å². The molecule has 2 heterocycles. The van der Waals surface area contributed by atoms with Crippen LogP contribution < -0.4 is 5.73 Å². The summed E-state index contributed by atoms with van der Waals surface area (Å²) in [5, 5.41) is 1.12. The molecule has 2 N–H and O–H groups in total. The molecule has 4 rings (SSSR count). The number of carbonyl (C=O) groups is 2. The zero-order chi connectivity index (χ0) is 21.8. The summed E-state index contributed by atoms with van der Waals surface area (Å²) in [6.07, 6.45) is 4.67. The van der Waals surface area contributed by atoms with E-state index in [9.17, 15) is 9.59 Å². The van der Waals surface area contributed by atoms with Gasteiger partial charge in [0, 0.05) is 23.6 Å². The molecule has 0 aliphatic carbocycles. The number of nitrogens with two attached hydrogens (primary N) is 1. The van der Waals surface area contributed by atoms with Gasteiger partial charge in [-0.25, -0.2) is 15.0 Å². The standard InChI is InChI=1S/C24H19ClN4O2/c25-22-13-17(9-10-27-22)21(30)12-16-4-1-3-15(11-16)7-8-20-18-5-2-6-19(24(26)31)23(18)29-14-28-20/h1-6,9-11,13-14H,7-8,12H2,(H2,26,31). The molecule has 1 amide bonds. The molecule has 0 aliphatic heterocycles. The summed E-state index contributed by atoms with van der Waals surface area (Å²) in [7, 11) is 0. The zero-order valence-corrected chi connectivity index (χ0v) is 17.3. The Kier molecular flexibility index (Phi) is 6.00. The van der Waals surface area contributed by atoms with Crippen LogP contribution in [0.25, 0.3) is 10.9 Å². The molecule has 2 aromatic carbocycles. The fourth-order valence-electron chi connectivity index (χ4n) is 3.56. The first kappa shape index (κ1) is 20.6. The number of hydrogen-bond acceptors (Lipinski definition) is 5. The Hall–Kier alpha value is -3.64. The lowest BCUT2D eigenvalue weighted by Gasteiger charge is -2.08. The average molecular weight is 431 g/mol. The van der Waals surface area contributed by atoms with Crippen LogP contribution in [0.2, 0.25) is 5.15 Å². The second kappa shape index (κ2) is 9.02. The molecule has 0 atom stereocenters. The molecule has 154 valence electrons. The molecule has 0 saturated carbocycles. The number of Topliss-reactive ketones (excluding diaryl/α,β-unsaturated/α-hetero) is 1. The summed E-state index contributed by atoms with van der Waals surface area (Å²) in [4.78, 5) is 36.8. The number of halogens is 1. The third-order valence-electron chi connectivity index (χ3n) is 5.07. The summed E-state index contributed by atoms with van der Waals surface area (Å²) in [5.74, 6) is -0.523. The van der Waals surface area contributed by atoms with E-state index >= 15 is 0 Å². The Morgan fingerprint density at radius 1 is 0.903 bits per heavy atom. The molecule has 7 heteroatoms. The maximum Gasteiger partial charge on any atom is 0.250 e. The summed E-state index contributed by atoms with van der Waals surface area (Å²) >= 11 is 5.89. The van der Waals surface area contributed by atoms with Crippen molar-refractivity contribution in [1.29, 1.82) is 0 Å². The number of para-hydroxylation sites is 1. The summed E-state index contributed by atoms with van der Waals surface area (Å²) in [6, 6.07) is 16.5. The highest BCUT2D eigenvalue weighted by Gasteiger charge is 2.12. The van der Waals surface area contributed by atoms with Crippen molar-refractivity contribution in [1.82, 2.24) is 15.0 Å². The molecule has 0 fully saturated rings. The van der Waals surface area contributed by atoms with Crippen LogP contribution in [0.5, 0.6) is 0 Å². The number of rotatable bonds is 7. The van der Waals surface area contributed by atoms with Crippen LogP contribution in [0.4, 0.5) is 0 Å². The number of amides is 1. The number of primary amides is 1. The zero-order valence-electron chi connectivity index (χ0n) is 16.6. The first-order chi connectivity index (χ1) is 15.0. The predicted molar refractivity (Wildman–Crippen MR) is 119 cm³/mol. The van der Waals surface area contributed by atoms with Gasteiger partial charge in [-0.15, -0.1) is 0 Å². The summed E-state index contributed by atoms with van der Waals surface area (Å²) < 4.78 is 0. The molecule has 6 nitrogen and oxygen atoms in total. The Labute approximate surface area is 184 Å². The minimum absolute atomic E-state index is 0.0118.